The number of carbonyl (C=O) groups excluding carboxylic acids is 1. The molecular formula is C19H27N5O. The maximum absolute atomic E-state index is 12.8. The third-order valence-electron chi connectivity index (χ3n) is 4.74. The van der Waals surface area contributed by atoms with Crippen LogP contribution in [0.2, 0.25) is 0 Å². The summed E-state index contributed by atoms with van der Waals surface area (Å²) in [4.78, 5) is 17.0. The van der Waals surface area contributed by atoms with Crippen LogP contribution < -0.4 is 0 Å². The Balaban J connectivity index is 1.66. The molecule has 1 aliphatic rings. The average molecular weight is 341 g/mol. The molecule has 1 aromatic heterocycles. The lowest BCUT2D eigenvalue weighted by molar-refractivity contribution is -0.135. The molecular weight excluding hydrogens is 314 g/mol. The summed E-state index contributed by atoms with van der Waals surface area (Å²) in [5, 5.41) is 7.58. The van der Waals surface area contributed by atoms with Gasteiger partial charge < -0.3 is 14.4 Å². The predicted octanol–water partition coefficient (Wildman–Crippen LogP) is 2.48. The van der Waals surface area contributed by atoms with E-state index in [4.69, 9.17) is 0 Å². The van der Waals surface area contributed by atoms with Gasteiger partial charge in [-0.25, -0.2) is 0 Å². The molecule has 0 spiro atoms. The first-order valence-electron chi connectivity index (χ1n) is 8.99. The predicted molar refractivity (Wildman–Crippen MR) is 96.8 cm³/mol. The lowest BCUT2D eigenvalue weighted by Crippen LogP contribution is -2.38. The molecule has 1 aromatic carbocycles. The van der Waals surface area contributed by atoms with Crippen LogP contribution in [0.15, 0.2) is 36.9 Å². The third kappa shape index (κ3) is 4.66. The molecule has 3 rings (SSSR count). The van der Waals surface area contributed by atoms with Gasteiger partial charge in [0.1, 0.15) is 12.7 Å². The highest BCUT2D eigenvalue weighted by Crippen LogP contribution is 2.31. The Kier molecular flexibility index (Phi) is 5.81. The molecule has 0 N–H and O–H groups in total. The molecule has 1 atom stereocenters. The number of amides is 1. The molecule has 6 heteroatoms. The van der Waals surface area contributed by atoms with Crippen LogP contribution in [-0.4, -0.2) is 51.1 Å². The number of hydrogen-bond acceptors (Lipinski definition) is 4. The monoisotopic (exact) mass is 341 g/mol. The van der Waals surface area contributed by atoms with Crippen molar-refractivity contribution in [3.05, 3.63) is 48.0 Å². The molecule has 2 heterocycles. The van der Waals surface area contributed by atoms with Crippen LogP contribution in [0.5, 0.6) is 0 Å². The van der Waals surface area contributed by atoms with Crippen LogP contribution in [0.4, 0.5) is 0 Å². The van der Waals surface area contributed by atoms with Crippen molar-refractivity contribution < 1.29 is 4.79 Å². The van der Waals surface area contributed by atoms with Gasteiger partial charge in [0.05, 0.1) is 6.04 Å². The van der Waals surface area contributed by atoms with Crippen molar-refractivity contribution in [2.24, 2.45) is 0 Å². The van der Waals surface area contributed by atoms with Crippen LogP contribution in [-0.2, 0) is 17.9 Å². The number of benzene rings is 1. The molecule has 0 bridgehead atoms. The third-order valence-corrected chi connectivity index (χ3v) is 4.74. The van der Waals surface area contributed by atoms with Crippen molar-refractivity contribution in [3.63, 3.8) is 0 Å². The van der Waals surface area contributed by atoms with Gasteiger partial charge in [0.2, 0.25) is 5.91 Å². The summed E-state index contributed by atoms with van der Waals surface area (Å²) in [6.45, 7) is 2.43. The van der Waals surface area contributed by atoms with E-state index >= 15 is 0 Å². The Labute approximate surface area is 149 Å². The molecule has 1 amide bonds. The van der Waals surface area contributed by atoms with Crippen LogP contribution >= 0.6 is 0 Å². The van der Waals surface area contributed by atoms with Gasteiger partial charge in [-0.15, -0.1) is 10.2 Å². The smallest absolute Gasteiger partial charge is 0.224 e. The Bertz CT molecular complexity index is 666. The number of rotatable bonds is 6. The van der Waals surface area contributed by atoms with E-state index in [0.29, 0.717) is 13.0 Å². The van der Waals surface area contributed by atoms with Crippen molar-refractivity contribution >= 4 is 5.91 Å². The summed E-state index contributed by atoms with van der Waals surface area (Å²) < 4.78 is 1.85. The van der Waals surface area contributed by atoms with Crippen molar-refractivity contribution in [2.45, 2.75) is 44.8 Å². The Morgan fingerprint density at radius 1 is 1.16 bits per heavy atom. The number of likely N-dealkylation sites (tertiary alicyclic amines) is 1. The zero-order valence-corrected chi connectivity index (χ0v) is 15.1. The van der Waals surface area contributed by atoms with E-state index in [1.165, 1.54) is 17.5 Å². The van der Waals surface area contributed by atoms with Gasteiger partial charge in [0.15, 0.2) is 0 Å². The number of carbonyl (C=O) groups is 1. The lowest BCUT2D eigenvalue weighted by atomic mass is 9.94. The molecule has 0 aliphatic carbocycles. The van der Waals surface area contributed by atoms with Crippen molar-refractivity contribution in [1.29, 1.82) is 0 Å². The van der Waals surface area contributed by atoms with E-state index in [9.17, 15) is 4.79 Å². The Hall–Kier alpha value is -2.21. The summed E-state index contributed by atoms with van der Waals surface area (Å²) in [6.07, 6.45) is 7.13. The first-order valence-corrected chi connectivity index (χ1v) is 8.99. The SMILES string of the molecule is CN(C)Cc1ccc([C@@H]2CCCCN2C(=O)CCn2cnnc2)cc1. The normalized spacial score (nSPS) is 17.9. The van der Waals surface area contributed by atoms with Crippen LogP contribution in [0, 0.1) is 0 Å². The van der Waals surface area contributed by atoms with E-state index in [1.807, 2.05) is 4.57 Å². The van der Waals surface area contributed by atoms with Crippen molar-refractivity contribution in [1.82, 2.24) is 24.6 Å². The first kappa shape index (κ1) is 17.6. The molecule has 1 fully saturated rings. The second-order valence-corrected chi connectivity index (χ2v) is 7.03. The minimum absolute atomic E-state index is 0.204. The number of aromatic nitrogens is 3. The van der Waals surface area contributed by atoms with Crippen molar-refractivity contribution in [2.75, 3.05) is 20.6 Å². The van der Waals surface area contributed by atoms with Gasteiger partial charge >= 0.3 is 0 Å². The van der Waals surface area contributed by atoms with Crippen molar-refractivity contribution in [3.8, 4) is 0 Å². The topological polar surface area (TPSA) is 54.3 Å². The van der Waals surface area contributed by atoms with Gasteiger partial charge in [-0.05, 0) is 44.5 Å². The quantitative estimate of drug-likeness (QED) is 0.810. The lowest BCUT2D eigenvalue weighted by Gasteiger charge is -2.36. The van der Waals surface area contributed by atoms with Gasteiger partial charge in [0.25, 0.3) is 0 Å². The summed E-state index contributed by atoms with van der Waals surface area (Å²) in [5.74, 6) is 0.218. The highest BCUT2D eigenvalue weighted by molar-refractivity contribution is 5.76. The summed E-state index contributed by atoms with van der Waals surface area (Å²) in [7, 11) is 4.15. The first-order chi connectivity index (χ1) is 12.1. The Morgan fingerprint density at radius 3 is 2.56 bits per heavy atom. The molecule has 1 aliphatic heterocycles. The molecule has 134 valence electrons. The highest BCUT2D eigenvalue weighted by Gasteiger charge is 2.27. The van der Waals surface area contributed by atoms with Gasteiger partial charge in [0, 0.05) is 26.1 Å². The summed E-state index contributed by atoms with van der Waals surface area (Å²) >= 11 is 0. The maximum Gasteiger partial charge on any atom is 0.224 e. The number of hydrogen-bond donors (Lipinski definition) is 0. The summed E-state index contributed by atoms with van der Waals surface area (Å²) in [5.41, 5.74) is 2.55. The molecule has 6 nitrogen and oxygen atoms in total. The molecule has 1 saturated heterocycles. The highest BCUT2D eigenvalue weighted by atomic mass is 16.2. The number of aryl methyl sites for hydroxylation is 1. The maximum atomic E-state index is 12.8. The van der Waals surface area contributed by atoms with E-state index in [1.54, 1.807) is 12.7 Å². The van der Waals surface area contributed by atoms with Gasteiger partial charge in [-0.3, -0.25) is 4.79 Å². The van der Waals surface area contributed by atoms with Crippen LogP contribution in [0.1, 0.15) is 42.9 Å². The molecule has 0 saturated carbocycles. The summed E-state index contributed by atoms with van der Waals surface area (Å²) in [6, 6.07) is 8.95. The minimum Gasteiger partial charge on any atom is -0.336 e. The second kappa shape index (κ2) is 8.25. The zero-order valence-electron chi connectivity index (χ0n) is 15.1. The standard InChI is InChI=1S/C19H27N5O/c1-22(2)13-16-6-8-17(9-7-16)18-5-3-4-11-24(18)19(25)10-12-23-14-20-21-15-23/h6-9,14-15,18H,3-5,10-13H2,1-2H3/t18-/m0/s1. The molecule has 0 radical (unpaired) electrons. The largest absolute Gasteiger partial charge is 0.336 e. The van der Waals surface area contributed by atoms with Gasteiger partial charge in [-0.1, -0.05) is 24.3 Å². The second-order valence-electron chi connectivity index (χ2n) is 7.03. The number of nitrogens with zero attached hydrogens (tertiary/aromatic N) is 5. The van der Waals surface area contributed by atoms with E-state index < -0.39 is 0 Å². The number of piperidine rings is 1. The molecule has 25 heavy (non-hydrogen) atoms. The Morgan fingerprint density at radius 2 is 1.88 bits per heavy atom. The molecule has 0 unspecified atom stereocenters. The zero-order chi connectivity index (χ0) is 17.6. The van der Waals surface area contributed by atoms with E-state index in [2.05, 4.69) is 58.4 Å². The fourth-order valence-corrected chi connectivity index (χ4v) is 3.49. The van der Waals surface area contributed by atoms with Crippen LogP contribution in [0.25, 0.3) is 0 Å². The average Bonchev–Trinajstić information content (AvgIpc) is 3.13. The fourth-order valence-electron chi connectivity index (χ4n) is 3.49. The van der Waals surface area contributed by atoms with E-state index in [-0.39, 0.29) is 11.9 Å². The van der Waals surface area contributed by atoms with Crippen LogP contribution in [0.3, 0.4) is 0 Å². The van der Waals surface area contributed by atoms with Gasteiger partial charge in [-0.2, -0.15) is 0 Å². The minimum atomic E-state index is 0.204. The molecule has 2 aromatic rings. The fraction of sp³-hybridized carbons (Fsp3) is 0.526. The van der Waals surface area contributed by atoms with E-state index in [0.717, 1.165) is 25.9 Å².